The minimum atomic E-state index is -0.578. The van der Waals surface area contributed by atoms with Crippen LogP contribution >= 0.6 is 0 Å². The van der Waals surface area contributed by atoms with E-state index in [4.69, 9.17) is 0 Å². The first-order valence-corrected chi connectivity index (χ1v) is 9.81. The SMILES string of the molecule is CCCCC(CC)n1c(O)c(C#N)c(C)c(N=Nc2ccc(C)cc2[N+](=O)[O-])c1=O. The number of pyridine rings is 1. The molecule has 1 N–H and O–H groups in total. The van der Waals surface area contributed by atoms with Crippen molar-refractivity contribution >= 4 is 17.1 Å². The van der Waals surface area contributed by atoms with E-state index in [0.717, 1.165) is 12.8 Å². The summed E-state index contributed by atoms with van der Waals surface area (Å²) in [7, 11) is 0. The van der Waals surface area contributed by atoms with Crippen LogP contribution in [0.2, 0.25) is 0 Å². The summed E-state index contributed by atoms with van der Waals surface area (Å²) in [6.45, 7) is 7.14. The quantitative estimate of drug-likeness (QED) is 0.347. The van der Waals surface area contributed by atoms with E-state index in [9.17, 15) is 25.3 Å². The molecule has 9 nitrogen and oxygen atoms in total. The van der Waals surface area contributed by atoms with Crippen molar-refractivity contribution in [2.45, 2.75) is 59.4 Å². The van der Waals surface area contributed by atoms with Gasteiger partial charge in [-0.05, 0) is 38.3 Å². The van der Waals surface area contributed by atoms with Gasteiger partial charge in [0.2, 0.25) is 5.88 Å². The molecule has 0 spiro atoms. The van der Waals surface area contributed by atoms with Gasteiger partial charge in [0.15, 0.2) is 11.4 Å². The Hall–Kier alpha value is -3.54. The van der Waals surface area contributed by atoms with Gasteiger partial charge in [-0.25, -0.2) is 0 Å². The summed E-state index contributed by atoms with van der Waals surface area (Å²) in [5.41, 5.74) is -0.111. The normalized spacial score (nSPS) is 12.1. The van der Waals surface area contributed by atoms with Gasteiger partial charge in [0.25, 0.3) is 11.2 Å². The minimum Gasteiger partial charge on any atom is -0.493 e. The molecule has 1 aromatic carbocycles. The lowest BCUT2D eigenvalue weighted by Gasteiger charge is -2.21. The third-order valence-electron chi connectivity index (χ3n) is 5.03. The van der Waals surface area contributed by atoms with Gasteiger partial charge in [0, 0.05) is 17.7 Å². The minimum absolute atomic E-state index is 0.000516. The molecule has 0 bridgehead atoms. The Kier molecular flexibility index (Phi) is 7.42. The van der Waals surface area contributed by atoms with E-state index in [0.29, 0.717) is 18.4 Å². The highest BCUT2D eigenvalue weighted by atomic mass is 16.6. The second-order valence-electron chi connectivity index (χ2n) is 7.11. The fraction of sp³-hybridized carbons (Fsp3) is 0.429. The van der Waals surface area contributed by atoms with Crippen LogP contribution in [-0.2, 0) is 0 Å². The number of hydrogen-bond donors (Lipinski definition) is 1. The summed E-state index contributed by atoms with van der Waals surface area (Å²) < 4.78 is 1.19. The lowest BCUT2D eigenvalue weighted by atomic mass is 10.0. The van der Waals surface area contributed by atoms with Crippen LogP contribution in [0.15, 0.2) is 33.2 Å². The van der Waals surface area contributed by atoms with Crippen molar-refractivity contribution in [1.82, 2.24) is 4.57 Å². The Labute approximate surface area is 174 Å². The summed E-state index contributed by atoms with van der Waals surface area (Å²) in [6.07, 6.45) is 3.02. The fourth-order valence-electron chi connectivity index (χ4n) is 3.29. The molecule has 1 aromatic heterocycles. The number of hydrogen-bond acceptors (Lipinski definition) is 7. The molecule has 30 heavy (non-hydrogen) atoms. The molecule has 0 aliphatic carbocycles. The highest BCUT2D eigenvalue weighted by Crippen LogP contribution is 2.33. The molecule has 0 amide bonds. The third-order valence-corrected chi connectivity index (χ3v) is 5.03. The number of nitro groups is 1. The predicted octanol–water partition coefficient (Wildman–Crippen LogP) is 5.51. The Morgan fingerprint density at radius 1 is 1.30 bits per heavy atom. The van der Waals surface area contributed by atoms with Gasteiger partial charge in [-0.2, -0.15) is 5.26 Å². The zero-order valence-corrected chi connectivity index (χ0v) is 17.5. The van der Waals surface area contributed by atoms with Gasteiger partial charge in [-0.3, -0.25) is 19.5 Å². The smallest absolute Gasteiger partial charge is 0.296 e. The molecule has 0 radical (unpaired) electrons. The maximum Gasteiger partial charge on any atom is 0.296 e. The molecule has 0 aliphatic rings. The molecule has 1 atom stereocenters. The van der Waals surface area contributed by atoms with E-state index >= 15 is 0 Å². The molecule has 0 fully saturated rings. The van der Waals surface area contributed by atoms with E-state index < -0.39 is 10.5 Å². The number of aromatic hydroxyl groups is 1. The van der Waals surface area contributed by atoms with Crippen LogP contribution in [0.4, 0.5) is 17.1 Å². The number of benzene rings is 1. The number of unbranched alkanes of at least 4 members (excludes halogenated alkanes) is 1. The average molecular weight is 411 g/mol. The number of nitro benzene ring substituents is 1. The first-order chi connectivity index (χ1) is 14.3. The molecular formula is C21H25N5O4. The monoisotopic (exact) mass is 411 g/mol. The number of aromatic nitrogens is 1. The van der Waals surface area contributed by atoms with E-state index in [1.54, 1.807) is 13.0 Å². The number of azo groups is 1. The van der Waals surface area contributed by atoms with Crippen LogP contribution in [0.25, 0.3) is 0 Å². The maximum atomic E-state index is 13.1. The molecular weight excluding hydrogens is 386 g/mol. The Morgan fingerprint density at radius 3 is 2.57 bits per heavy atom. The van der Waals surface area contributed by atoms with Gasteiger partial charge in [0.05, 0.1) is 4.92 Å². The van der Waals surface area contributed by atoms with Gasteiger partial charge in [-0.1, -0.05) is 32.8 Å². The van der Waals surface area contributed by atoms with E-state index in [1.165, 1.54) is 23.6 Å². The Balaban J connectivity index is 2.68. The lowest BCUT2D eigenvalue weighted by molar-refractivity contribution is -0.384. The third kappa shape index (κ3) is 4.54. The largest absolute Gasteiger partial charge is 0.493 e. The van der Waals surface area contributed by atoms with E-state index in [2.05, 4.69) is 10.2 Å². The van der Waals surface area contributed by atoms with Gasteiger partial charge < -0.3 is 5.11 Å². The zero-order chi connectivity index (χ0) is 22.4. The second kappa shape index (κ2) is 9.78. The van der Waals surface area contributed by atoms with Crippen LogP contribution in [0.5, 0.6) is 5.88 Å². The summed E-state index contributed by atoms with van der Waals surface area (Å²) in [4.78, 5) is 23.9. The highest BCUT2D eigenvalue weighted by molar-refractivity contribution is 5.60. The lowest BCUT2D eigenvalue weighted by Crippen LogP contribution is -2.26. The predicted molar refractivity (Wildman–Crippen MR) is 113 cm³/mol. The Morgan fingerprint density at radius 2 is 2.00 bits per heavy atom. The van der Waals surface area contributed by atoms with Crippen LogP contribution in [-0.4, -0.2) is 14.6 Å². The fourth-order valence-corrected chi connectivity index (χ4v) is 3.29. The van der Waals surface area contributed by atoms with Gasteiger partial charge in [-0.15, -0.1) is 10.2 Å². The number of aryl methyl sites for hydroxylation is 1. The van der Waals surface area contributed by atoms with Crippen molar-refractivity contribution in [2.75, 3.05) is 0 Å². The molecule has 2 aromatic rings. The molecule has 158 valence electrons. The summed E-state index contributed by atoms with van der Waals surface area (Å²) in [5.74, 6) is -0.386. The molecule has 0 aliphatic heterocycles. The first-order valence-electron chi connectivity index (χ1n) is 9.81. The number of nitrogens with zero attached hydrogens (tertiary/aromatic N) is 5. The molecule has 9 heteroatoms. The van der Waals surface area contributed by atoms with E-state index in [-0.39, 0.29) is 40.1 Å². The first kappa shape index (κ1) is 22.7. The van der Waals surface area contributed by atoms with Crippen LogP contribution in [0, 0.1) is 35.3 Å². The van der Waals surface area contributed by atoms with Gasteiger partial charge in [0.1, 0.15) is 11.6 Å². The van der Waals surface area contributed by atoms with Crippen molar-refractivity contribution in [1.29, 1.82) is 5.26 Å². The van der Waals surface area contributed by atoms with Crippen LogP contribution in [0.1, 0.15) is 62.3 Å². The molecule has 1 unspecified atom stereocenters. The summed E-state index contributed by atoms with van der Waals surface area (Å²) in [6, 6.07) is 6.10. The Bertz CT molecular complexity index is 1080. The number of nitriles is 1. The summed E-state index contributed by atoms with van der Waals surface area (Å²) >= 11 is 0. The van der Waals surface area contributed by atoms with Crippen molar-refractivity contribution in [3.8, 4) is 11.9 Å². The van der Waals surface area contributed by atoms with Crippen molar-refractivity contribution in [3.05, 3.63) is 55.4 Å². The van der Waals surface area contributed by atoms with Gasteiger partial charge >= 0.3 is 0 Å². The number of rotatable bonds is 8. The van der Waals surface area contributed by atoms with Crippen molar-refractivity contribution in [3.63, 3.8) is 0 Å². The van der Waals surface area contributed by atoms with Crippen molar-refractivity contribution in [2.24, 2.45) is 10.2 Å². The van der Waals surface area contributed by atoms with E-state index in [1.807, 2.05) is 19.9 Å². The van der Waals surface area contributed by atoms with Crippen molar-refractivity contribution < 1.29 is 10.0 Å². The topological polar surface area (TPSA) is 134 Å². The molecule has 2 rings (SSSR count). The molecule has 1 heterocycles. The standard InChI is InChI=1S/C21H25N5O4/c1-5-7-8-15(6-2)25-20(27)16(12-22)14(4)19(21(25)28)24-23-17-10-9-13(3)11-18(17)26(29)30/h9-11,15,27H,5-8H2,1-4H3. The molecule has 0 saturated carbocycles. The van der Waals surface area contributed by atoms with Crippen LogP contribution in [0.3, 0.4) is 0 Å². The highest BCUT2D eigenvalue weighted by Gasteiger charge is 2.24. The molecule has 0 saturated heterocycles. The maximum absolute atomic E-state index is 13.1. The zero-order valence-electron chi connectivity index (χ0n) is 17.5. The second-order valence-corrected chi connectivity index (χ2v) is 7.11. The summed E-state index contributed by atoms with van der Waals surface area (Å²) in [5, 5.41) is 39.3. The average Bonchev–Trinajstić information content (AvgIpc) is 2.71. The van der Waals surface area contributed by atoms with Crippen LogP contribution < -0.4 is 5.56 Å².